The number of hydrogen-bond acceptors (Lipinski definition) is 4. The highest BCUT2D eigenvalue weighted by Crippen LogP contribution is 2.12. The van der Waals surface area contributed by atoms with E-state index >= 15 is 0 Å². The zero-order chi connectivity index (χ0) is 17.2. The molecular weight excluding hydrogens is 304 g/mol. The number of methoxy groups -OCH3 is 1. The molecule has 0 fully saturated rings. The fourth-order valence-corrected chi connectivity index (χ4v) is 2.03. The number of ether oxygens (including phenoxy) is 3. The van der Waals surface area contributed by atoms with E-state index < -0.39 is 0 Å². The first kappa shape index (κ1) is 17.8. The summed E-state index contributed by atoms with van der Waals surface area (Å²) in [6.45, 7) is 5.19. The summed E-state index contributed by atoms with van der Waals surface area (Å²) < 4.78 is 15.9. The number of esters is 1. The molecular formula is C20H22O4. The molecule has 4 nitrogen and oxygen atoms in total. The van der Waals surface area contributed by atoms with Crippen molar-refractivity contribution >= 4 is 5.97 Å². The van der Waals surface area contributed by atoms with E-state index in [-0.39, 0.29) is 12.6 Å². The highest BCUT2D eigenvalue weighted by Gasteiger charge is 2.06. The maximum atomic E-state index is 11.8. The number of hydrogen-bond donors (Lipinski definition) is 0. The van der Waals surface area contributed by atoms with Crippen molar-refractivity contribution < 1.29 is 19.0 Å². The lowest BCUT2D eigenvalue weighted by atomic mass is 10.2. The van der Waals surface area contributed by atoms with Crippen molar-refractivity contribution in [1.29, 1.82) is 0 Å². The van der Waals surface area contributed by atoms with Crippen LogP contribution in [0.3, 0.4) is 0 Å². The smallest absolute Gasteiger partial charge is 0.338 e. The summed E-state index contributed by atoms with van der Waals surface area (Å²) in [6.07, 6.45) is 0.651. The van der Waals surface area contributed by atoms with E-state index in [0.29, 0.717) is 25.2 Å². The van der Waals surface area contributed by atoms with Crippen LogP contribution in [-0.4, -0.2) is 26.3 Å². The molecule has 0 saturated carbocycles. The molecule has 24 heavy (non-hydrogen) atoms. The second-order valence-electron chi connectivity index (χ2n) is 5.34. The summed E-state index contributed by atoms with van der Waals surface area (Å²) in [7, 11) is 1.64. The SMILES string of the molecule is C=C(CCOCc1ccc(OC)cc1)COC(=O)c1ccccc1. The lowest BCUT2D eigenvalue weighted by molar-refractivity contribution is 0.0530. The Balaban J connectivity index is 1.62. The summed E-state index contributed by atoms with van der Waals surface area (Å²) in [6, 6.07) is 16.7. The van der Waals surface area contributed by atoms with Crippen LogP contribution in [0, 0.1) is 0 Å². The van der Waals surface area contributed by atoms with Crippen molar-refractivity contribution in [3.05, 3.63) is 77.9 Å². The molecule has 4 heteroatoms. The molecule has 126 valence electrons. The van der Waals surface area contributed by atoms with Crippen molar-refractivity contribution in [2.24, 2.45) is 0 Å². The fraction of sp³-hybridized carbons (Fsp3) is 0.250. The second kappa shape index (κ2) is 9.53. The van der Waals surface area contributed by atoms with Gasteiger partial charge in [-0.05, 0) is 41.8 Å². The monoisotopic (exact) mass is 326 g/mol. The Labute approximate surface area is 142 Å². The third kappa shape index (κ3) is 5.89. The first-order chi connectivity index (χ1) is 11.7. The molecule has 0 radical (unpaired) electrons. The maximum Gasteiger partial charge on any atom is 0.338 e. The Kier molecular flexibility index (Phi) is 7.05. The highest BCUT2D eigenvalue weighted by molar-refractivity contribution is 5.89. The van der Waals surface area contributed by atoms with Gasteiger partial charge in [0, 0.05) is 0 Å². The molecule has 0 spiro atoms. The Bertz CT molecular complexity index is 647. The van der Waals surface area contributed by atoms with Crippen LogP contribution in [0.15, 0.2) is 66.7 Å². The lowest BCUT2D eigenvalue weighted by Gasteiger charge is -2.09. The summed E-state index contributed by atoms with van der Waals surface area (Å²) in [4.78, 5) is 11.8. The molecule has 0 saturated heterocycles. The minimum absolute atomic E-state index is 0.208. The van der Waals surface area contributed by atoms with Gasteiger partial charge in [-0.25, -0.2) is 4.79 Å². The number of carbonyl (C=O) groups is 1. The van der Waals surface area contributed by atoms with Gasteiger partial charge in [0.05, 0.1) is 25.9 Å². The van der Waals surface area contributed by atoms with Crippen LogP contribution in [0.2, 0.25) is 0 Å². The molecule has 0 aromatic heterocycles. The molecule has 0 aliphatic rings. The van der Waals surface area contributed by atoms with Crippen LogP contribution < -0.4 is 4.74 Å². The van der Waals surface area contributed by atoms with E-state index in [9.17, 15) is 4.79 Å². The van der Waals surface area contributed by atoms with Crippen molar-refractivity contribution in [2.45, 2.75) is 13.0 Å². The van der Waals surface area contributed by atoms with Crippen LogP contribution in [0.25, 0.3) is 0 Å². The molecule has 0 unspecified atom stereocenters. The van der Waals surface area contributed by atoms with Crippen LogP contribution in [0.4, 0.5) is 0 Å². The van der Waals surface area contributed by atoms with Gasteiger partial charge in [-0.3, -0.25) is 0 Å². The third-order valence-electron chi connectivity index (χ3n) is 3.44. The standard InChI is InChI=1S/C20H22O4/c1-16(14-24-20(21)18-6-4-3-5-7-18)12-13-23-15-17-8-10-19(22-2)11-9-17/h3-11H,1,12-15H2,2H3. The summed E-state index contributed by atoms with van der Waals surface area (Å²) in [5.41, 5.74) is 2.45. The quantitative estimate of drug-likeness (QED) is 0.397. The first-order valence-electron chi connectivity index (χ1n) is 7.78. The van der Waals surface area contributed by atoms with E-state index in [4.69, 9.17) is 14.2 Å². The normalized spacial score (nSPS) is 10.2. The van der Waals surface area contributed by atoms with Gasteiger partial charge in [0.15, 0.2) is 0 Å². The largest absolute Gasteiger partial charge is 0.497 e. The second-order valence-corrected chi connectivity index (χ2v) is 5.34. The van der Waals surface area contributed by atoms with Gasteiger partial charge < -0.3 is 14.2 Å². The van der Waals surface area contributed by atoms with Crippen molar-refractivity contribution in [3.8, 4) is 5.75 Å². The molecule has 0 N–H and O–H groups in total. The average molecular weight is 326 g/mol. The van der Waals surface area contributed by atoms with E-state index in [1.165, 1.54) is 0 Å². The molecule has 0 amide bonds. The molecule has 0 aliphatic heterocycles. The molecule has 0 heterocycles. The number of rotatable bonds is 9. The lowest BCUT2D eigenvalue weighted by Crippen LogP contribution is -2.08. The Morgan fingerprint density at radius 3 is 2.42 bits per heavy atom. The summed E-state index contributed by atoms with van der Waals surface area (Å²) in [5, 5.41) is 0. The topological polar surface area (TPSA) is 44.8 Å². The van der Waals surface area contributed by atoms with Gasteiger partial charge in [-0.1, -0.05) is 36.9 Å². The van der Waals surface area contributed by atoms with Crippen LogP contribution >= 0.6 is 0 Å². The van der Waals surface area contributed by atoms with Gasteiger partial charge in [-0.2, -0.15) is 0 Å². The zero-order valence-corrected chi connectivity index (χ0v) is 13.9. The Morgan fingerprint density at radius 1 is 1.04 bits per heavy atom. The minimum Gasteiger partial charge on any atom is -0.497 e. The van der Waals surface area contributed by atoms with Gasteiger partial charge in [0.1, 0.15) is 12.4 Å². The van der Waals surface area contributed by atoms with E-state index in [1.807, 2.05) is 30.3 Å². The van der Waals surface area contributed by atoms with Crippen LogP contribution in [-0.2, 0) is 16.1 Å². The van der Waals surface area contributed by atoms with Gasteiger partial charge in [0.25, 0.3) is 0 Å². The van der Waals surface area contributed by atoms with Crippen LogP contribution in [0.5, 0.6) is 5.75 Å². The van der Waals surface area contributed by atoms with Crippen LogP contribution in [0.1, 0.15) is 22.3 Å². The highest BCUT2D eigenvalue weighted by atomic mass is 16.5. The minimum atomic E-state index is -0.337. The van der Waals surface area contributed by atoms with Crippen molar-refractivity contribution in [2.75, 3.05) is 20.3 Å². The van der Waals surface area contributed by atoms with Gasteiger partial charge in [-0.15, -0.1) is 0 Å². The predicted octanol–water partition coefficient (Wildman–Crippen LogP) is 4.02. The fourth-order valence-electron chi connectivity index (χ4n) is 2.03. The van der Waals surface area contributed by atoms with E-state index in [0.717, 1.165) is 16.9 Å². The summed E-state index contributed by atoms with van der Waals surface area (Å²) >= 11 is 0. The first-order valence-corrected chi connectivity index (χ1v) is 7.78. The van der Waals surface area contributed by atoms with E-state index in [2.05, 4.69) is 6.58 Å². The van der Waals surface area contributed by atoms with E-state index in [1.54, 1.807) is 31.4 Å². The average Bonchev–Trinajstić information content (AvgIpc) is 2.64. The van der Waals surface area contributed by atoms with Crippen molar-refractivity contribution in [3.63, 3.8) is 0 Å². The molecule has 2 rings (SSSR count). The number of carbonyl (C=O) groups excluding carboxylic acids is 1. The molecule has 0 atom stereocenters. The number of benzene rings is 2. The molecule has 2 aromatic rings. The van der Waals surface area contributed by atoms with Gasteiger partial charge in [0.2, 0.25) is 0 Å². The van der Waals surface area contributed by atoms with Gasteiger partial charge >= 0.3 is 5.97 Å². The molecule has 2 aromatic carbocycles. The van der Waals surface area contributed by atoms with Crippen molar-refractivity contribution in [1.82, 2.24) is 0 Å². The third-order valence-corrected chi connectivity index (χ3v) is 3.44. The Hall–Kier alpha value is -2.59. The molecule has 0 bridgehead atoms. The molecule has 0 aliphatic carbocycles. The summed E-state index contributed by atoms with van der Waals surface area (Å²) in [5.74, 6) is 0.489. The zero-order valence-electron chi connectivity index (χ0n) is 13.9. The predicted molar refractivity (Wildman–Crippen MR) is 93.1 cm³/mol. The Morgan fingerprint density at radius 2 is 1.75 bits per heavy atom. The maximum absolute atomic E-state index is 11.8.